The van der Waals surface area contributed by atoms with Crippen molar-refractivity contribution in [3.8, 4) is 0 Å². The van der Waals surface area contributed by atoms with Gasteiger partial charge in [0.25, 0.3) is 0 Å². The number of hydrogen-bond donors (Lipinski definition) is 1. The molecule has 54 valence electrons. The number of methoxy groups -OCH3 is 1. The summed E-state index contributed by atoms with van der Waals surface area (Å²) in [5, 5.41) is 8.71. The van der Waals surface area contributed by atoms with E-state index in [-0.39, 0.29) is 0 Å². The fourth-order valence-corrected chi connectivity index (χ4v) is 1.30. The third-order valence-corrected chi connectivity index (χ3v) is 2.23. The topological polar surface area (TPSA) is 29.5 Å². The Bertz CT molecular complexity index is 103. The molecule has 0 saturated heterocycles. The van der Waals surface area contributed by atoms with Crippen LogP contribution in [0.25, 0.3) is 0 Å². The zero-order valence-corrected chi connectivity index (χ0v) is 6.05. The summed E-state index contributed by atoms with van der Waals surface area (Å²) in [7, 11) is 1.71. The van der Waals surface area contributed by atoms with Crippen molar-refractivity contribution >= 4 is 0 Å². The maximum atomic E-state index is 8.71. The van der Waals surface area contributed by atoms with E-state index in [1.54, 1.807) is 7.11 Å². The van der Waals surface area contributed by atoms with Crippen LogP contribution in [0.5, 0.6) is 0 Å². The fourth-order valence-electron chi connectivity index (χ4n) is 1.30. The molecule has 1 aliphatic carbocycles. The normalized spacial score (nSPS) is 41.0. The third-order valence-electron chi connectivity index (χ3n) is 2.23. The van der Waals surface area contributed by atoms with Crippen LogP contribution < -0.4 is 0 Å². The molecule has 0 aromatic heterocycles. The number of rotatable bonds is 3. The molecule has 0 aromatic rings. The molecule has 0 spiro atoms. The molecule has 0 bridgehead atoms. The second-order valence-corrected chi connectivity index (χ2v) is 3.17. The Kier molecular flexibility index (Phi) is 1.78. The lowest BCUT2D eigenvalue weighted by atomic mass is 10.1. The molecule has 0 amide bonds. The van der Waals surface area contributed by atoms with Gasteiger partial charge in [0.1, 0.15) is 0 Å². The van der Waals surface area contributed by atoms with Crippen LogP contribution in [0.3, 0.4) is 0 Å². The Hall–Kier alpha value is -0.0800. The van der Waals surface area contributed by atoms with Crippen LogP contribution in [0.4, 0.5) is 0 Å². The highest BCUT2D eigenvalue weighted by Crippen LogP contribution is 2.51. The smallest absolute Gasteiger partial charge is 0.0519 e. The second kappa shape index (κ2) is 2.27. The van der Waals surface area contributed by atoms with Gasteiger partial charge in [-0.3, -0.25) is 0 Å². The maximum absolute atomic E-state index is 8.71. The molecule has 1 saturated carbocycles. The average molecular weight is 130 g/mol. The molecule has 1 aliphatic rings. The summed E-state index contributed by atoms with van der Waals surface area (Å²) >= 11 is 0. The summed E-state index contributed by atoms with van der Waals surface area (Å²) in [6, 6.07) is 0. The van der Waals surface area contributed by atoms with E-state index >= 15 is 0 Å². The minimum atomic E-state index is 0.295. The standard InChI is InChI=1S/C7H14O2/c1-7(5-9-2)3-6(7)4-8/h6,8H,3-5H2,1-2H3/t6-,7-/m1/s1. The number of ether oxygens (including phenoxy) is 1. The van der Waals surface area contributed by atoms with E-state index in [1.165, 1.54) is 0 Å². The van der Waals surface area contributed by atoms with E-state index in [0.717, 1.165) is 13.0 Å². The Morgan fingerprint density at radius 2 is 2.44 bits per heavy atom. The van der Waals surface area contributed by atoms with Gasteiger partial charge in [-0.05, 0) is 17.8 Å². The first kappa shape index (κ1) is 7.03. The van der Waals surface area contributed by atoms with E-state index in [4.69, 9.17) is 9.84 Å². The molecule has 1 N–H and O–H groups in total. The van der Waals surface area contributed by atoms with Crippen LogP contribution in [-0.4, -0.2) is 25.4 Å². The zero-order valence-electron chi connectivity index (χ0n) is 6.05. The summed E-state index contributed by atoms with van der Waals surface area (Å²) in [6.45, 7) is 3.26. The molecule has 1 rings (SSSR count). The van der Waals surface area contributed by atoms with Gasteiger partial charge in [-0.25, -0.2) is 0 Å². The lowest BCUT2D eigenvalue weighted by Crippen LogP contribution is -2.08. The van der Waals surface area contributed by atoms with Crippen LogP contribution in [-0.2, 0) is 4.74 Å². The molecule has 0 unspecified atom stereocenters. The van der Waals surface area contributed by atoms with Crippen LogP contribution in [0.1, 0.15) is 13.3 Å². The molecule has 2 nitrogen and oxygen atoms in total. The Morgan fingerprint density at radius 3 is 2.78 bits per heavy atom. The fraction of sp³-hybridized carbons (Fsp3) is 1.00. The third kappa shape index (κ3) is 1.25. The van der Waals surface area contributed by atoms with Crippen molar-refractivity contribution < 1.29 is 9.84 Å². The predicted octanol–water partition coefficient (Wildman–Crippen LogP) is 0.651. The van der Waals surface area contributed by atoms with Gasteiger partial charge < -0.3 is 9.84 Å². The van der Waals surface area contributed by atoms with Gasteiger partial charge in [-0.15, -0.1) is 0 Å². The lowest BCUT2D eigenvalue weighted by Gasteiger charge is -2.06. The highest BCUT2D eigenvalue weighted by molar-refractivity contribution is 4.98. The van der Waals surface area contributed by atoms with E-state index in [0.29, 0.717) is 17.9 Å². The predicted molar refractivity (Wildman–Crippen MR) is 35.2 cm³/mol. The molecular weight excluding hydrogens is 116 g/mol. The van der Waals surface area contributed by atoms with Crippen LogP contribution >= 0.6 is 0 Å². The van der Waals surface area contributed by atoms with E-state index in [2.05, 4.69) is 6.92 Å². The molecule has 1 fully saturated rings. The van der Waals surface area contributed by atoms with Crippen LogP contribution in [0.2, 0.25) is 0 Å². The highest BCUT2D eigenvalue weighted by atomic mass is 16.5. The largest absolute Gasteiger partial charge is 0.396 e. The molecular formula is C7H14O2. The quantitative estimate of drug-likeness (QED) is 0.608. The molecule has 9 heavy (non-hydrogen) atoms. The SMILES string of the molecule is COC[C@@]1(C)C[C@@H]1CO. The number of aliphatic hydroxyl groups excluding tert-OH is 1. The maximum Gasteiger partial charge on any atom is 0.0519 e. The van der Waals surface area contributed by atoms with Gasteiger partial charge in [0, 0.05) is 13.7 Å². The average Bonchev–Trinajstić information content (AvgIpc) is 2.43. The lowest BCUT2D eigenvalue weighted by molar-refractivity contribution is 0.131. The molecule has 2 heteroatoms. The Morgan fingerprint density at radius 1 is 1.78 bits per heavy atom. The van der Waals surface area contributed by atoms with Crippen LogP contribution in [0.15, 0.2) is 0 Å². The molecule has 0 aliphatic heterocycles. The number of hydrogen-bond acceptors (Lipinski definition) is 2. The van der Waals surface area contributed by atoms with Gasteiger partial charge in [-0.1, -0.05) is 6.92 Å². The van der Waals surface area contributed by atoms with E-state index in [1.807, 2.05) is 0 Å². The van der Waals surface area contributed by atoms with E-state index in [9.17, 15) is 0 Å². The van der Waals surface area contributed by atoms with Gasteiger partial charge in [0.05, 0.1) is 6.61 Å². The summed E-state index contributed by atoms with van der Waals surface area (Å²) in [5.74, 6) is 0.498. The van der Waals surface area contributed by atoms with Gasteiger partial charge in [0.2, 0.25) is 0 Å². The van der Waals surface area contributed by atoms with Gasteiger partial charge >= 0.3 is 0 Å². The van der Waals surface area contributed by atoms with Crippen molar-refractivity contribution in [1.29, 1.82) is 0 Å². The van der Waals surface area contributed by atoms with Crippen molar-refractivity contribution in [3.63, 3.8) is 0 Å². The second-order valence-electron chi connectivity index (χ2n) is 3.17. The van der Waals surface area contributed by atoms with Crippen molar-refractivity contribution in [2.24, 2.45) is 11.3 Å². The molecule has 0 radical (unpaired) electrons. The monoisotopic (exact) mass is 130 g/mol. The molecule has 0 aromatic carbocycles. The van der Waals surface area contributed by atoms with Crippen molar-refractivity contribution in [3.05, 3.63) is 0 Å². The first-order valence-corrected chi connectivity index (χ1v) is 3.33. The highest BCUT2D eigenvalue weighted by Gasteiger charge is 2.49. The van der Waals surface area contributed by atoms with Gasteiger partial charge in [-0.2, -0.15) is 0 Å². The summed E-state index contributed by atoms with van der Waals surface area (Å²) in [4.78, 5) is 0. The Balaban J connectivity index is 2.25. The van der Waals surface area contributed by atoms with Crippen LogP contribution in [0, 0.1) is 11.3 Å². The summed E-state index contributed by atoms with van der Waals surface area (Å²) in [5.41, 5.74) is 0.295. The molecule has 0 heterocycles. The van der Waals surface area contributed by atoms with Crippen molar-refractivity contribution in [2.75, 3.05) is 20.3 Å². The van der Waals surface area contributed by atoms with E-state index < -0.39 is 0 Å². The van der Waals surface area contributed by atoms with Crippen molar-refractivity contribution in [2.45, 2.75) is 13.3 Å². The van der Waals surface area contributed by atoms with Crippen molar-refractivity contribution in [1.82, 2.24) is 0 Å². The first-order chi connectivity index (χ1) is 4.23. The molecule has 2 atom stereocenters. The minimum Gasteiger partial charge on any atom is -0.396 e. The first-order valence-electron chi connectivity index (χ1n) is 3.33. The summed E-state index contributed by atoms with van der Waals surface area (Å²) in [6.07, 6.45) is 1.12. The Labute approximate surface area is 55.8 Å². The minimum absolute atomic E-state index is 0.295. The summed E-state index contributed by atoms with van der Waals surface area (Å²) < 4.78 is 4.99. The number of aliphatic hydroxyl groups is 1. The zero-order chi connectivity index (χ0) is 6.91. The van der Waals surface area contributed by atoms with Gasteiger partial charge in [0.15, 0.2) is 0 Å².